The first-order chi connectivity index (χ1) is 14.5. The van der Waals surface area contributed by atoms with Crippen LogP contribution in [0.1, 0.15) is 37.7 Å². The van der Waals surface area contributed by atoms with Crippen molar-refractivity contribution in [3.8, 4) is 0 Å². The van der Waals surface area contributed by atoms with Gasteiger partial charge >= 0.3 is 0 Å². The van der Waals surface area contributed by atoms with E-state index < -0.39 is 4.92 Å². The Hall–Kier alpha value is -3.42. The Morgan fingerprint density at radius 3 is 2.60 bits per heavy atom. The number of nitro groups is 1. The molecule has 3 rings (SSSR count). The van der Waals surface area contributed by atoms with Crippen LogP contribution in [0.25, 0.3) is 0 Å². The van der Waals surface area contributed by atoms with Crippen molar-refractivity contribution >= 4 is 28.9 Å². The van der Waals surface area contributed by atoms with Gasteiger partial charge in [0.15, 0.2) is 0 Å². The van der Waals surface area contributed by atoms with Gasteiger partial charge in [0.2, 0.25) is 11.8 Å². The highest BCUT2D eigenvalue weighted by molar-refractivity contribution is 5.92. The molecule has 30 heavy (non-hydrogen) atoms. The molecule has 3 N–H and O–H groups in total. The van der Waals surface area contributed by atoms with Crippen LogP contribution >= 0.6 is 0 Å². The van der Waals surface area contributed by atoms with Crippen LogP contribution in [0, 0.1) is 16.0 Å². The molecule has 0 atom stereocenters. The molecule has 2 aromatic rings. The van der Waals surface area contributed by atoms with E-state index in [2.05, 4.69) is 16.0 Å². The zero-order valence-electron chi connectivity index (χ0n) is 16.7. The number of hydrogen-bond acceptors (Lipinski definition) is 5. The topological polar surface area (TPSA) is 113 Å². The molecule has 1 saturated carbocycles. The van der Waals surface area contributed by atoms with Gasteiger partial charge in [0, 0.05) is 37.2 Å². The molecule has 158 valence electrons. The first-order valence-corrected chi connectivity index (χ1v) is 10.2. The lowest BCUT2D eigenvalue weighted by Gasteiger charge is -2.12. The minimum absolute atomic E-state index is 0.0191. The largest absolute Gasteiger partial charge is 0.379 e. The number of hydrogen-bond donors (Lipinski definition) is 3. The van der Waals surface area contributed by atoms with Crippen molar-refractivity contribution in [3.05, 3.63) is 64.2 Å². The van der Waals surface area contributed by atoms with Crippen molar-refractivity contribution in [2.24, 2.45) is 5.92 Å². The summed E-state index contributed by atoms with van der Waals surface area (Å²) in [6.07, 6.45) is 4.29. The Labute approximate surface area is 175 Å². The van der Waals surface area contributed by atoms with Crippen LogP contribution in [0.3, 0.4) is 0 Å². The zero-order chi connectivity index (χ0) is 21.3. The molecule has 0 aromatic heterocycles. The minimum Gasteiger partial charge on any atom is -0.379 e. The Morgan fingerprint density at radius 2 is 1.83 bits per heavy atom. The highest BCUT2D eigenvalue weighted by Gasteiger charge is 2.22. The van der Waals surface area contributed by atoms with E-state index in [9.17, 15) is 19.7 Å². The molecule has 0 spiro atoms. The summed E-state index contributed by atoms with van der Waals surface area (Å²) in [7, 11) is 0. The summed E-state index contributed by atoms with van der Waals surface area (Å²) in [6, 6.07) is 13.8. The van der Waals surface area contributed by atoms with E-state index in [0.29, 0.717) is 12.2 Å². The summed E-state index contributed by atoms with van der Waals surface area (Å²) in [5.41, 5.74) is 1.99. The molecule has 8 heteroatoms. The first-order valence-electron chi connectivity index (χ1n) is 10.2. The summed E-state index contributed by atoms with van der Waals surface area (Å²) < 4.78 is 0. The van der Waals surface area contributed by atoms with Crippen molar-refractivity contribution in [3.63, 3.8) is 0 Å². The van der Waals surface area contributed by atoms with Crippen molar-refractivity contribution in [2.45, 2.75) is 38.6 Å². The fraction of sp³-hybridized carbons (Fsp3) is 0.364. The second-order valence-corrected chi connectivity index (χ2v) is 7.40. The van der Waals surface area contributed by atoms with Crippen LogP contribution in [0.4, 0.5) is 17.1 Å². The maximum Gasteiger partial charge on any atom is 0.292 e. The number of carbonyl (C=O) groups is 2. The minimum atomic E-state index is -0.457. The molecule has 2 aromatic carbocycles. The second-order valence-electron chi connectivity index (χ2n) is 7.40. The van der Waals surface area contributed by atoms with E-state index in [0.717, 1.165) is 36.9 Å². The van der Waals surface area contributed by atoms with Gasteiger partial charge in [-0.25, -0.2) is 0 Å². The fourth-order valence-electron chi connectivity index (χ4n) is 3.57. The molecule has 2 amide bonds. The molecule has 0 heterocycles. The van der Waals surface area contributed by atoms with E-state index >= 15 is 0 Å². The Morgan fingerprint density at radius 1 is 1.07 bits per heavy atom. The van der Waals surface area contributed by atoms with E-state index in [1.807, 2.05) is 24.3 Å². The SMILES string of the molecule is O=C(CCNc1ccccc1[N+](=O)[O-])NCc1cccc(NC(=O)C2CCCC2)c1. The average Bonchev–Trinajstić information content (AvgIpc) is 3.28. The molecule has 0 radical (unpaired) electrons. The van der Waals surface area contributed by atoms with Crippen LogP contribution in [0.5, 0.6) is 0 Å². The number of benzene rings is 2. The smallest absolute Gasteiger partial charge is 0.292 e. The van der Waals surface area contributed by atoms with Crippen LogP contribution < -0.4 is 16.0 Å². The van der Waals surface area contributed by atoms with Gasteiger partial charge in [0.05, 0.1) is 4.92 Å². The molecule has 0 aliphatic heterocycles. The summed E-state index contributed by atoms with van der Waals surface area (Å²) >= 11 is 0. The normalized spacial score (nSPS) is 13.6. The van der Waals surface area contributed by atoms with Crippen LogP contribution in [-0.4, -0.2) is 23.3 Å². The summed E-state index contributed by atoms with van der Waals surface area (Å²) in [4.78, 5) is 34.9. The predicted octanol–water partition coefficient (Wildman–Crippen LogP) is 3.84. The summed E-state index contributed by atoms with van der Waals surface area (Å²) in [5, 5.41) is 19.7. The maximum absolute atomic E-state index is 12.3. The fourth-order valence-corrected chi connectivity index (χ4v) is 3.57. The molecule has 8 nitrogen and oxygen atoms in total. The molecule has 0 unspecified atom stereocenters. The van der Waals surface area contributed by atoms with E-state index in [1.165, 1.54) is 6.07 Å². The van der Waals surface area contributed by atoms with Crippen molar-refractivity contribution in [2.75, 3.05) is 17.2 Å². The predicted molar refractivity (Wildman–Crippen MR) is 115 cm³/mol. The molecule has 0 bridgehead atoms. The Balaban J connectivity index is 1.43. The van der Waals surface area contributed by atoms with Gasteiger partial charge in [0.25, 0.3) is 5.69 Å². The molecule has 1 fully saturated rings. The number of nitrogens with zero attached hydrogens (tertiary/aromatic N) is 1. The van der Waals surface area contributed by atoms with E-state index in [1.54, 1.807) is 18.2 Å². The monoisotopic (exact) mass is 410 g/mol. The maximum atomic E-state index is 12.3. The Kier molecular flexibility index (Phi) is 7.37. The second kappa shape index (κ2) is 10.4. The number of para-hydroxylation sites is 2. The lowest BCUT2D eigenvalue weighted by atomic mass is 10.1. The number of nitro benzene ring substituents is 1. The number of nitrogens with one attached hydrogen (secondary N) is 3. The summed E-state index contributed by atoms with van der Waals surface area (Å²) in [6.45, 7) is 0.631. The third-order valence-electron chi connectivity index (χ3n) is 5.18. The highest BCUT2D eigenvalue weighted by atomic mass is 16.6. The lowest BCUT2D eigenvalue weighted by molar-refractivity contribution is -0.384. The van der Waals surface area contributed by atoms with Gasteiger partial charge in [-0.15, -0.1) is 0 Å². The lowest BCUT2D eigenvalue weighted by Crippen LogP contribution is -2.25. The number of anilines is 2. The van der Waals surface area contributed by atoms with Gasteiger partial charge < -0.3 is 16.0 Å². The molecule has 0 saturated heterocycles. The highest BCUT2D eigenvalue weighted by Crippen LogP contribution is 2.26. The number of rotatable bonds is 9. The van der Waals surface area contributed by atoms with Gasteiger partial charge in [0.1, 0.15) is 5.69 Å². The van der Waals surface area contributed by atoms with Gasteiger partial charge in [-0.1, -0.05) is 37.1 Å². The first kappa shape index (κ1) is 21.3. The van der Waals surface area contributed by atoms with Crippen LogP contribution in [0.2, 0.25) is 0 Å². The van der Waals surface area contributed by atoms with Gasteiger partial charge in [-0.2, -0.15) is 0 Å². The van der Waals surface area contributed by atoms with Gasteiger partial charge in [-0.05, 0) is 36.6 Å². The van der Waals surface area contributed by atoms with Gasteiger partial charge in [-0.3, -0.25) is 19.7 Å². The standard InChI is InChI=1S/C22H26N4O4/c27-21(12-13-23-19-10-3-4-11-20(19)26(29)30)24-15-16-6-5-9-18(14-16)25-22(28)17-7-1-2-8-17/h3-6,9-11,14,17,23H,1-2,7-8,12-13,15H2,(H,24,27)(H,25,28). The number of carbonyl (C=O) groups excluding carboxylic acids is 2. The van der Waals surface area contributed by atoms with Crippen molar-refractivity contribution < 1.29 is 14.5 Å². The van der Waals surface area contributed by atoms with Crippen molar-refractivity contribution in [1.82, 2.24) is 5.32 Å². The number of amides is 2. The van der Waals surface area contributed by atoms with Crippen molar-refractivity contribution in [1.29, 1.82) is 0 Å². The Bertz CT molecular complexity index is 910. The molecular formula is C22H26N4O4. The third-order valence-corrected chi connectivity index (χ3v) is 5.18. The third kappa shape index (κ3) is 6.04. The van der Waals surface area contributed by atoms with Crippen LogP contribution in [0.15, 0.2) is 48.5 Å². The molecule has 1 aliphatic carbocycles. The molecule has 1 aliphatic rings. The van der Waals surface area contributed by atoms with Crippen LogP contribution in [-0.2, 0) is 16.1 Å². The van der Waals surface area contributed by atoms with E-state index in [-0.39, 0.29) is 36.4 Å². The zero-order valence-corrected chi connectivity index (χ0v) is 16.7. The molecular weight excluding hydrogens is 384 g/mol. The van der Waals surface area contributed by atoms with E-state index in [4.69, 9.17) is 0 Å². The average molecular weight is 410 g/mol. The summed E-state index contributed by atoms with van der Waals surface area (Å²) in [5.74, 6) is -0.00228. The quantitative estimate of drug-likeness (QED) is 0.429.